The summed E-state index contributed by atoms with van der Waals surface area (Å²) >= 11 is 0. The van der Waals surface area contributed by atoms with E-state index in [1.807, 2.05) is 6.92 Å². The molecule has 2 aliphatic rings. The van der Waals surface area contributed by atoms with E-state index in [1.165, 1.54) is 26.4 Å². The molecule has 0 bridgehead atoms. The molecular weight excluding hydrogens is 579 g/mol. The van der Waals surface area contributed by atoms with E-state index in [0.29, 0.717) is 60.5 Å². The van der Waals surface area contributed by atoms with Crippen LogP contribution in [0.1, 0.15) is 43.7 Å². The number of ether oxygens (including phenoxy) is 2. The first kappa shape index (κ1) is 31.2. The fourth-order valence-electron chi connectivity index (χ4n) is 6.03. The van der Waals surface area contributed by atoms with Crippen LogP contribution in [0, 0.1) is 0 Å². The fourth-order valence-corrected chi connectivity index (χ4v) is 6.03. The Hall–Kier alpha value is -4.26. The Balaban J connectivity index is 1.81. The molecule has 0 saturated carbocycles. The molecule has 0 aliphatic carbocycles. The minimum atomic E-state index is -4.81. The number of rotatable bonds is 10. The van der Waals surface area contributed by atoms with Crippen molar-refractivity contribution >= 4 is 17.3 Å². The maximum Gasteiger partial charge on any atom is 0.418 e. The Kier molecular flexibility index (Phi) is 8.78. The smallest absolute Gasteiger partial charge is 0.418 e. The zero-order chi connectivity index (χ0) is 31.8. The molecule has 0 spiro atoms. The van der Waals surface area contributed by atoms with Gasteiger partial charge < -0.3 is 30.1 Å². The molecule has 3 N–H and O–H groups in total. The number of benzene rings is 2. The molecule has 13 heteroatoms. The van der Waals surface area contributed by atoms with E-state index in [1.54, 1.807) is 28.0 Å². The Bertz CT molecular complexity index is 1590. The molecule has 2 unspecified atom stereocenters. The summed E-state index contributed by atoms with van der Waals surface area (Å²) in [7, 11) is 2.95. The van der Waals surface area contributed by atoms with Crippen molar-refractivity contribution in [2.75, 3.05) is 43.7 Å². The van der Waals surface area contributed by atoms with Gasteiger partial charge >= 0.3 is 6.18 Å². The van der Waals surface area contributed by atoms with Crippen LogP contribution in [0.4, 0.5) is 24.5 Å². The van der Waals surface area contributed by atoms with Crippen molar-refractivity contribution in [3.05, 3.63) is 57.9 Å². The number of hydrogen-bond donors (Lipinski definition) is 2. The van der Waals surface area contributed by atoms with E-state index in [-0.39, 0.29) is 24.5 Å². The monoisotopic (exact) mass is 615 g/mol. The lowest BCUT2D eigenvalue weighted by Crippen LogP contribution is -2.46. The minimum Gasteiger partial charge on any atom is -0.497 e. The van der Waals surface area contributed by atoms with Gasteiger partial charge in [0.2, 0.25) is 5.91 Å². The normalized spacial score (nSPS) is 17.1. The van der Waals surface area contributed by atoms with Crippen molar-refractivity contribution < 1.29 is 32.5 Å². The second-order valence-corrected chi connectivity index (χ2v) is 11.1. The maximum absolute atomic E-state index is 14.5. The number of fused-ring (bicyclic) bond motifs is 1. The molecule has 0 radical (unpaired) electrons. The standard InChI is InChI=1S/C31H36F3N5O5/c1-4-5-6-25(29(35)41)38-12-10-23-27(18-13-21(43-2)16-22(14-18)44-3)36-39(30(42)28(23)38)26-15-19(37-11-9-20(40)17-37)7-8-24(26)31(32,33)34/h7-8,13-16,20,25,40H,4-6,9-12,17H2,1-3H3,(H2,35,41). The topological polar surface area (TPSA) is 123 Å². The molecular formula is C31H36F3N5O5. The average Bonchev–Trinajstić information content (AvgIpc) is 3.63. The number of alkyl halides is 3. The highest BCUT2D eigenvalue weighted by atomic mass is 19.4. The number of carbonyl (C=O) groups excluding carboxylic acids is 1. The third-order valence-electron chi connectivity index (χ3n) is 8.26. The quantitative estimate of drug-likeness (QED) is 0.352. The predicted molar refractivity (Wildman–Crippen MR) is 160 cm³/mol. The van der Waals surface area contributed by atoms with Crippen LogP contribution >= 0.6 is 0 Å². The summed E-state index contributed by atoms with van der Waals surface area (Å²) in [4.78, 5) is 30.3. The summed E-state index contributed by atoms with van der Waals surface area (Å²) in [5.74, 6) is 0.223. The van der Waals surface area contributed by atoms with E-state index < -0.39 is 41.0 Å². The van der Waals surface area contributed by atoms with E-state index >= 15 is 0 Å². The Labute approximate surface area is 252 Å². The van der Waals surface area contributed by atoms with Crippen LogP contribution in [-0.4, -0.2) is 66.8 Å². The highest BCUT2D eigenvalue weighted by molar-refractivity contribution is 5.86. The first-order valence-corrected chi connectivity index (χ1v) is 14.6. The summed E-state index contributed by atoms with van der Waals surface area (Å²) in [6.45, 7) is 2.92. The number of methoxy groups -OCH3 is 2. The second-order valence-electron chi connectivity index (χ2n) is 11.1. The van der Waals surface area contributed by atoms with Crippen LogP contribution in [0.3, 0.4) is 0 Å². The summed E-state index contributed by atoms with van der Waals surface area (Å²) < 4.78 is 55.1. The number of aromatic nitrogens is 2. The molecule has 1 amide bonds. The lowest BCUT2D eigenvalue weighted by Gasteiger charge is -2.28. The van der Waals surface area contributed by atoms with E-state index in [9.17, 15) is 27.9 Å². The second kappa shape index (κ2) is 12.4. The van der Waals surface area contributed by atoms with Gasteiger partial charge in [0.1, 0.15) is 23.2 Å². The van der Waals surface area contributed by atoms with Gasteiger partial charge in [-0.15, -0.1) is 0 Å². The molecule has 10 nitrogen and oxygen atoms in total. The van der Waals surface area contributed by atoms with Crippen LogP contribution in [0.15, 0.2) is 41.2 Å². The number of unbranched alkanes of at least 4 members (excludes halogenated alkanes) is 1. The number of halogens is 3. The van der Waals surface area contributed by atoms with Gasteiger partial charge in [-0.1, -0.05) is 19.8 Å². The van der Waals surface area contributed by atoms with Crippen molar-refractivity contribution in [3.63, 3.8) is 0 Å². The average molecular weight is 616 g/mol. The maximum atomic E-state index is 14.5. The first-order chi connectivity index (χ1) is 21.0. The van der Waals surface area contributed by atoms with Gasteiger partial charge in [-0.25, -0.2) is 0 Å². The molecule has 44 heavy (non-hydrogen) atoms. The summed E-state index contributed by atoms with van der Waals surface area (Å²) in [5, 5.41) is 14.6. The Morgan fingerprint density at radius 3 is 2.41 bits per heavy atom. The molecule has 3 heterocycles. The fraction of sp³-hybridized carbons (Fsp3) is 0.452. The number of anilines is 2. The van der Waals surface area contributed by atoms with Crippen LogP contribution < -0.4 is 30.6 Å². The number of primary amides is 1. The Morgan fingerprint density at radius 2 is 1.84 bits per heavy atom. The number of hydrogen-bond acceptors (Lipinski definition) is 8. The van der Waals surface area contributed by atoms with Gasteiger partial charge in [-0.3, -0.25) is 9.59 Å². The minimum absolute atomic E-state index is 0.0896. The van der Waals surface area contributed by atoms with E-state index in [4.69, 9.17) is 15.2 Å². The van der Waals surface area contributed by atoms with E-state index in [0.717, 1.165) is 17.2 Å². The van der Waals surface area contributed by atoms with Crippen LogP contribution in [0.5, 0.6) is 11.5 Å². The van der Waals surface area contributed by atoms with Gasteiger partial charge in [0, 0.05) is 42.5 Å². The number of nitrogens with zero attached hydrogens (tertiary/aromatic N) is 4. The zero-order valence-corrected chi connectivity index (χ0v) is 24.9. The molecule has 1 saturated heterocycles. The number of carbonyl (C=O) groups is 1. The zero-order valence-electron chi connectivity index (χ0n) is 24.9. The molecule has 1 aromatic heterocycles. The molecule has 2 atom stereocenters. The molecule has 236 valence electrons. The van der Waals surface area contributed by atoms with Gasteiger partial charge in [0.25, 0.3) is 5.56 Å². The number of aliphatic hydroxyl groups is 1. The van der Waals surface area contributed by atoms with Crippen LogP contribution in [0.25, 0.3) is 16.9 Å². The predicted octanol–water partition coefficient (Wildman–Crippen LogP) is 3.91. The van der Waals surface area contributed by atoms with Crippen LogP contribution in [-0.2, 0) is 17.4 Å². The highest BCUT2D eigenvalue weighted by Gasteiger charge is 2.39. The van der Waals surface area contributed by atoms with Crippen LogP contribution in [0.2, 0.25) is 0 Å². The number of aliphatic hydroxyl groups excluding tert-OH is 1. The van der Waals surface area contributed by atoms with Gasteiger partial charge in [-0.05, 0) is 49.6 Å². The lowest BCUT2D eigenvalue weighted by molar-refractivity contribution is -0.137. The summed E-state index contributed by atoms with van der Waals surface area (Å²) in [5.41, 5.74) is 5.23. The molecule has 5 rings (SSSR count). The van der Waals surface area contributed by atoms with Gasteiger partial charge in [-0.2, -0.15) is 23.0 Å². The third-order valence-corrected chi connectivity index (χ3v) is 8.26. The number of β-amino-alcohol motifs (C(OH)–C–C–N with tert-alkyl or cyclic N) is 1. The van der Waals surface area contributed by atoms with Crippen molar-refractivity contribution in [1.29, 1.82) is 0 Å². The molecule has 2 aromatic carbocycles. The summed E-state index contributed by atoms with van der Waals surface area (Å²) in [6.07, 6.45) is -2.80. The van der Waals surface area contributed by atoms with Gasteiger partial charge in [0.15, 0.2) is 0 Å². The van der Waals surface area contributed by atoms with Crippen molar-refractivity contribution in [1.82, 2.24) is 9.78 Å². The Morgan fingerprint density at radius 1 is 1.14 bits per heavy atom. The largest absolute Gasteiger partial charge is 0.497 e. The SMILES string of the molecule is CCCCC(C(N)=O)N1CCc2c(-c3cc(OC)cc(OC)c3)nn(-c3cc(N4CCC(O)C4)ccc3C(F)(F)F)c(=O)c21. The number of amides is 1. The van der Waals surface area contributed by atoms with Crippen molar-refractivity contribution in [2.45, 2.75) is 57.3 Å². The third kappa shape index (κ3) is 5.92. The number of nitrogens with two attached hydrogens (primary N) is 1. The molecule has 3 aromatic rings. The van der Waals surface area contributed by atoms with E-state index in [2.05, 4.69) is 5.10 Å². The van der Waals surface area contributed by atoms with Gasteiger partial charge in [0.05, 0.1) is 37.3 Å². The van der Waals surface area contributed by atoms with Crippen molar-refractivity contribution in [2.24, 2.45) is 5.73 Å². The first-order valence-electron chi connectivity index (χ1n) is 14.6. The van der Waals surface area contributed by atoms with Crippen molar-refractivity contribution in [3.8, 4) is 28.4 Å². The molecule has 2 aliphatic heterocycles. The molecule has 1 fully saturated rings. The highest BCUT2D eigenvalue weighted by Crippen LogP contribution is 2.40. The lowest BCUT2D eigenvalue weighted by atomic mass is 10.0. The summed E-state index contributed by atoms with van der Waals surface area (Å²) in [6, 6.07) is 7.69.